The van der Waals surface area contributed by atoms with E-state index in [1.54, 1.807) is 59.0 Å². The molecule has 1 aliphatic heterocycles. The molecule has 0 bridgehead atoms. The minimum Gasteiger partial charge on any atom is -0.444 e. The molecular weight excluding hydrogens is 414 g/mol. The smallest absolute Gasteiger partial charge is 0.255 e. The molecule has 1 fully saturated rings. The van der Waals surface area contributed by atoms with Gasteiger partial charge in [-0.3, -0.25) is 4.79 Å². The molecule has 2 atom stereocenters. The normalized spacial score (nSPS) is 19.8. The Labute approximate surface area is 182 Å². The highest BCUT2D eigenvalue weighted by atomic mass is 32.2. The molecule has 1 aromatic heterocycles. The summed E-state index contributed by atoms with van der Waals surface area (Å²) in [6.45, 7) is 5.23. The number of nitrogens with zero attached hydrogens (tertiary/aromatic N) is 2. The van der Waals surface area contributed by atoms with Gasteiger partial charge in [-0.05, 0) is 54.7 Å². The van der Waals surface area contributed by atoms with E-state index in [0.717, 1.165) is 12.0 Å². The summed E-state index contributed by atoms with van der Waals surface area (Å²) < 4.78 is 32.8. The summed E-state index contributed by atoms with van der Waals surface area (Å²) in [5, 5.41) is 2.80. The van der Waals surface area contributed by atoms with E-state index >= 15 is 0 Å². The number of aromatic nitrogens is 1. The Morgan fingerprint density at radius 1 is 1.03 bits per heavy atom. The minimum absolute atomic E-state index is 0.239. The summed E-state index contributed by atoms with van der Waals surface area (Å²) in [6.07, 6.45) is 4.00. The van der Waals surface area contributed by atoms with Crippen LogP contribution in [0, 0.1) is 11.8 Å². The number of sulfonamides is 1. The van der Waals surface area contributed by atoms with Gasteiger partial charge in [-0.15, -0.1) is 0 Å². The first-order valence-corrected chi connectivity index (χ1v) is 11.7. The van der Waals surface area contributed by atoms with E-state index < -0.39 is 10.0 Å². The average Bonchev–Trinajstić information content (AvgIpc) is 3.28. The van der Waals surface area contributed by atoms with Crippen molar-refractivity contribution in [1.82, 2.24) is 9.29 Å². The summed E-state index contributed by atoms with van der Waals surface area (Å²) in [4.78, 5) is 16.7. The first-order valence-electron chi connectivity index (χ1n) is 10.2. The summed E-state index contributed by atoms with van der Waals surface area (Å²) >= 11 is 0. The highest BCUT2D eigenvalue weighted by Gasteiger charge is 2.31. The monoisotopic (exact) mass is 439 g/mol. The van der Waals surface area contributed by atoms with Gasteiger partial charge in [0, 0.05) is 29.9 Å². The minimum atomic E-state index is -3.54. The van der Waals surface area contributed by atoms with E-state index in [1.807, 2.05) is 0 Å². The van der Waals surface area contributed by atoms with Crippen molar-refractivity contribution in [3.8, 4) is 11.3 Å². The van der Waals surface area contributed by atoms with Gasteiger partial charge < -0.3 is 9.73 Å². The van der Waals surface area contributed by atoms with E-state index in [2.05, 4.69) is 24.1 Å². The SMILES string of the molecule is CC1CC(C)CN(S(=O)(=O)c2ccc(NC(=O)c3ccc(-c4cnco4)cc3)cc2)C1. The Balaban J connectivity index is 1.44. The fourth-order valence-corrected chi connectivity index (χ4v) is 5.69. The van der Waals surface area contributed by atoms with E-state index in [0.29, 0.717) is 41.9 Å². The first-order chi connectivity index (χ1) is 14.8. The molecule has 3 aromatic rings. The van der Waals surface area contributed by atoms with Gasteiger partial charge in [-0.25, -0.2) is 13.4 Å². The molecule has 1 aliphatic rings. The number of amides is 1. The van der Waals surface area contributed by atoms with Gasteiger partial charge in [0.1, 0.15) is 0 Å². The predicted molar refractivity (Wildman–Crippen MR) is 118 cm³/mol. The number of benzene rings is 2. The number of anilines is 1. The quantitative estimate of drug-likeness (QED) is 0.641. The van der Waals surface area contributed by atoms with E-state index in [1.165, 1.54) is 6.39 Å². The maximum absolute atomic E-state index is 13.0. The molecule has 2 unspecified atom stereocenters. The molecule has 4 rings (SSSR count). The van der Waals surface area contributed by atoms with E-state index in [4.69, 9.17) is 4.42 Å². The highest BCUT2D eigenvalue weighted by Crippen LogP contribution is 2.27. The van der Waals surface area contributed by atoms with Crippen LogP contribution in [0.5, 0.6) is 0 Å². The fraction of sp³-hybridized carbons (Fsp3) is 0.304. The van der Waals surface area contributed by atoms with E-state index in [9.17, 15) is 13.2 Å². The number of hydrogen-bond donors (Lipinski definition) is 1. The Hall–Kier alpha value is -2.97. The number of hydrogen-bond acceptors (Lipinski definition) is 5. The number of carbonyl (C=O) groups excluding carboxylic acids is 1. The van der Waals surface area contributed by atoms with Gasteiger partial charge >= 0.3 is 0 Å². The number of nitrogens with one attached hydrogen (secondary N) is 1. The average molecular weight is 440 g/mol. The number of rotatable bonds is 5. The molecule has 162 valence electrons. The number of oxazole rings is 1. The van der Waals surface area contributed by atoms with Gasteiger partial charge in [-0.2, -0.15) is 4.31 Å². The molecule has 0 radical (unpaired) electrons. The lowest BCUT2D eigenvalue weighted by Gasteiger charge is -2.34. The van der Waals surface area contributed by atoms with Crippen LogP contribution in [0.4, 0.5) is 5.69 Å². The van der Waals surface area contributed by atoms with Crippen LogP contribution < -0.4 is 5.32 Å². The Kier molecular flexibility index (Phi) is 5.93. The van der Waals surface area contributed by atoms with Gasteiger partial charge in [0.2, 0.25) is 10.0 Å². The molecule has 1 N–H and O–H groups in total. The number of carbonyl (C=O) groups is 1. The molecule has 2 aromatic carbocycles. The van der Waals surface area contributed by atoms with Crippen molar-refractivity contribution in [2.45, 2.75) is 25.2 Å². The summed E-state index contributed by atoms with van der Waals surface area (Å²) in [5.74, 6) is 1.03. The third-order valence-corrected chi connectivity index (χ3v) is 7.30. The van der Waals surface area contributed by atoms with Crippen molar-refractivity contribution in [3.05, 3.63) is 66.7 Å². The van der Waals surface area contributed by atoms with Crippen molar-refractivity contribution < 1.29 is 17.6 Å². The first kappa shape index (κ1) is 21.3. The van der Waals surface area contributed by atoms with Crippen LogP contribution in [0.3, 0.4) is 0 Å². The van der Waals surface area contributed by atoms with Crippen molar-refractivity contribution >= 4 is 21.6 Å². The van der Waals surface area contributed by atoms with Crippen LogP contribution in [0.25, 0.3) is 11.3 Å². The van der Waals surface area contributed by atoms with Crippen LogP contribution in [0.1, 0.15) is 30.6 Å². The Morgan fingerprint density at radius 3 is 2.26 bits per heavy atom. The fourth-order valence-electron chi connectivity index (χ4n) is 4.01. The number of piperidine rings is 1. The van der Waals surface area contributed by atoms with Gasteiger partial charge in [0.15, 0.2) is 12.2 Å². The zero-order valence-corrected chi connectivity index (χ0v) is 18.3. The van der Waals surface area contributed by atoms with Crippen molar-refractivity contribution in [3.63, 3.8) is 0 Å². The third-order valence-electron chi connectivity index (χ3n) is 5.45. The van der Waals surface area contributed by atoms with E-state index in [-0.39, 0.29) is 10.8 Å². The van der Waals surface area contributed by atoms with Crippen LogP contribution in [0.2, 0.25) is 0 Å². The largest absolute Gasteiger partial charge is 0.444 e. The lowest BCUT2D eigenvalue weighted by Crippen LogP contribution is -2.42. The molecule has 0 saturated carbocycles. The topological polar surface area (TPSA) is 92.5 Å². The highest BCUT2D eigenvalue weighted by molar-refractivity contribution is 7.89. The van der Waals surface area contributed by atoms with Gasteiger partial charge in [-0.1, -0.05) is 26.0 Å². The van der Waals surface area contributed by atoms with Crippen molar-refractivity contribution in [2.24, 2.45) is 11.8 Å². The maximum atomic E-state index is 13.0. The molecule has 7 nitrogen and oxygen atoms in total. The predicted octanol–water partition coefficient (Wildman–Crippen LogP) is 4.26. The second-order valence-corrected chi connectivity index (χ2v) is 10.1. The lowest BCUT2D eigenvalue weighted by molar-refractivity contribution is 0.102. The molecule has 1 amide bonds. The van der Waals surface area contributed by atoms with Gasteiger partial charge in [0.05, 0.1) is 11.1 Å². The van der Waals surface area contributed by atoms with Crippen LogP contribution in [-0.4, -0.2) is 36.7 Å². The summed E-state index contributed by atoms with van der Waals surface area (Å²) in [6, 6.07) is 13.3. The van der Waals surface area contributed by atoms with Crippen LogP contribution in [-0.2, 0) is 10.0 Å². The lowest BCUT2D eigenvalue weighted by atomic mass is 9.94. The van der Waals surface area contributed by atoms with Gasteiger partial charge in [0.25, 0.3) is 5.91 Å². The second-order valence-electron chi connectivity index (χ2n) is 8.19. The molecule has 1 saturated heterocycles. The molecule has 2 heterocycles. The summed E-state index contributed by atoms with van der Waals surface area (Å²) in [7, 11) is -3.54. The third kappa shape index (κ3) is 4.70. The molecular formula is C23H25N3O4S. The van der Waals surface area contributed by atoms with Crippen LogP contribution in [0.15, 0.2) is 70.4 Å². The molecule has 0 spiro atoms. The second kappa shape index (κ2) is 8.64. The molecule has 31 heavy (non-hydrogen) atoms. The molecule has 8 heteroatoms. The Bertz CT molecular complexity index is 1130. The van der Waals surface area contributed by atoms with Crippen molar-refractivity contribution in [2.75, 3.05) is 18.4 Å². The maximum Gasteiger partial charge on any atom is 0.255 e. The zero-order valence-electron chi connectivity index (χ0n) is 17.5. The summed E-state index contributed by atoms with van der Waals surface area (Å²) in [5.41, 5.74) is 1.84. The Morgan fingerprint density at radius 2 is 1.68 bits per heavy atom. The molecule has 0 aliphatic carbocycles. The van der Waals surface area contributed by atoms with Crippen LogP contribution >= 0.6 is 0 Å². The zero-order chi connectivity index (χ0) is 22.0. The van der Waals surface area contributed by atoms with Crippen molar-refractivity contribution in [1.29, 1.82) is 0 Å². The standard InChI is InChI=1S/C23H25N3O4S/c1-16-11-17(2)14-26(13-16)31(28,29)21-9-7-20(8-10-21)25-23(27)19-5-3-18(4-6-19)22-12-24-15-30-22/h3-10,12,15-17H,11,13-14H2,1-2H3,(H,25,27).